The first-order chi connectivity index (χ1) is 6.48. The molecule has 1 N–H and O–H groups in total. The molecule has 1 saturated heterocycles. The van der Waals surface area contributed by atoms with Gasteiger partial charge in [0.25, 0.3) is 0 Å². The molecule has 82 valence electrons. The van der Waals surface area contributed by atoms with Gasteiger partial charge in [-0.2, -0.15) is 0 Å². The Labute approximate surface area is 85.7 Å². The fraction of sp³-hybridized carbons (Fsp3) is 1.00. The highest BCUT2D eigenvalue weighted by Crippen LogP contribution is 2.37. The summed E-state index contributed by atoms with van der Waals surface area (Å²) in [7, 11) is -1.30. The van der Waals surface area contributed by atoms with Crippen LogP contribution in [-0.4, -0.2) is 45.2 Å². The first-order valence-corrected chi connectivity index (χ1v) is 6.97. The van der Waals surface area contributed by atoms with Gasteiger partial charge in [-0.25, -0.2) is 12.7 Å². The van der Waals surface area contributed by atoms with E-state index in [4.69, 9.17) is 0 Å². The second kappa shape index (κ2) is 3.47. The molecule has 1 aliphatic carbocycles. The van der Waals surface area contributed by atoms with Crippen LogP contribution in [0.4, 0.5) is 0 Å². The predicted molar refractivity (Wildman–Crippen MR) is 55.5 cm³/mol. The van der Waals surface area contributed by atoms with Crippen molar-refractivity contribution in [2.24, 2.45) is 11.8 Å². The number of fused-ring (bicyclic) bond motifs is 1. The minimum absolute atomic E-state index is 0.238. The van der Waals surface area contributed by atoms with Crippen molar-refractivity contribution in [2.75, 3.05) is 26.4 Å². The maximum absolute atomic E-state index is 11.3. The Morgan fingerprint density at radius 3 is 2.14 bits per heavy atom. The van der Waals surface area contributed by atoms with Crippen molar-refractivity contribution in [2.45, 2.75) is 18.9 Å². The summed E-state index contributed by atoms with van der Waals surface area (Å²) < 4.78 is 24.2. The van der Waals surface area contributed by atoms with E-state index in [-0.39, 0.29) is 6.04 Å². The molecule has 0 amide bonds. The Bertz CT molecular complexity index is 303. The molecule has 14 heavy (non-hydrogen) atoms. The average molecular weight is 218 g/mol. The van der Waals surface area contributed by atoms with Gasteiger partial charge < -0.3 is 5.32 Å². The lowest BCUT2D eigenvalue weighted by Gasteiger charge is -2.22. The Hall–Kier alpha value is -0.130. The molecule has 2 fully saturated rings. The quantitative estimate of drug-likeness (QED) is 0.703. The SMILES string of the molecule is CN(C1CC2CNC[C@H]2C1)S(C)(=O)=O. The van der Waals surface area contributed by atoms with Gasteiger partial charge in [-0.15, -0.1) is 0 Å². The molecular weight excluding hydrogens is 200 g/mol. The zero-order valence-corrected chi connectivity index (χ0v) is 9.55. The summed E-state index contributed by atoms with van der Waals surface area (Å²) in [5, 5.41) is 3.35. The van der Waals surface area contributed by atoms with Gasteiger partial charge in [0, 0.05) is 13.1 Å². The largest absolute Gasteiger partial charge is 0.316 e. The minimum atomic E-state index is -3.00. The smallest absolute Gasteiger partial charge is 0.211 e. The van der Waals surface area contributed by atoms with Crippen molar-refractivity contribution < 1.29 is 8.42 Å². The molecule has 0 bridgehead atoms. The van der Waals surface area contributed by atoms with Crippen LogP contribution in [-0.2, 0) is 10.0 Å². The summed E-state index contributed by atoms with van der Waals surface area (Å²) in [5.74, 6) is 1.40. The van der Waals surface area contributed by atoms with Crippen molar-refractivity contribution in [3.63, 3.8) is 0 Å². The topological polar surface area (TPSA) is 49.4 Å². The molecule has 0 aromatic rings. The molecule has 2 unspecified atom stereocenters. The van der Waals surface area contributed by atoms with E-state index in [1.807, 2.05) is 0 Å². The van der Waals surface area contributed by atoms with Gasteiger partial charge in [-0.3, -0.25) is 0 Å². The fourth-order valence-electron chi connectivity index (χ4n) is 2.70. The van der Waals surface area contributed by atoms with Gasteiger partial charge in [0.2, 0.25) is 10.0 Å². The van der Waals surface area contributed by atoms with Crippen LogP contribution in [0.5, 0.6) is 0 Å². The van der Waals surface area contributed by atoms with Gasteiger partial charge in [0.15, 0.2) is 0 Å². The van der Waals surface area contributed by atoms with E-state index >= 15 is 0 Å². The van der Waals surface area contributed by atoms with Crippen LogP contribution < -0.4 is 5.32 Å². The van der Waals surface area contributed by atoms with E-state index in [0.717, 1.165) is 25.9 Å². The molecule has 1 aliphatic heterocycles. The van der Waals surface area contributed by atoms with Crippen LogP contribution in [0.25, 0.3) is 0 Å². The van der Waals surface area contributed by atoms with E-state index in [1.165, 1.54) is 6.26 Å². The second-order valence-corrected chi connectivity index (χ2v) is 6.62. The van der Waals surface area contributed by atoms with Crippen LogP contribution >= 0.6 is 0 Å². The van der Waals surface area contributed by atoms with Crippen molar-refractivity contribution in [3.05, 3.63) is 0 Å². The summed E-state index contributed by atoms with van der Waals surface area (Å²) in [4.78, 5) is 0. The van der Waals surface area contributed by atoms with Crippen molar-refractivity contribution in [1.29, 1.82) is 0 Å². The van der Waals surface area contributed by atoms with Crippen LogP contribution in [0.15, 0.2) is 0 Å². The van der Waals surface area contributed by atoms with Crippen LogP contribution in [0.2, 0.25) is 0 Å². The predicted octanol–water partition coefficient (Wildman–Crippen LogP) is -0.124. The van der Waals surface area contributed by atoms with Gasteiger partial charge in [0.05, 0.1) is 6.26 Å². The second-order valence-electron chi connectivity index (χ2n) is 4.58. The summed E-state index contributed by atoms with van der Waals surface area (Å²) in [5.41, 5.74) is 0. The van der Waals surface area contributed by atoms with E-state index in [1.54, 1.807) is 11.4 Å². The summed E-state index contributed by atoms with van der Waals surface area (Å²) in [6.45, 7) is 2.14. The number of rotatable bonds is 2. The molecule has 5 heteroatoms. The third kappa shape index (κ3) is 1.81. The van der Waals surface area contributed by atoms with Crippen LogP contribution in [0.3, 0.4) is 0 Å². The maximum Gasteiger partial charge on any atom is 0.211 e. The highest BCUT2D eigenvalue weighted by molar-refractivity contribution is 7.88. The van der Waals surface area contributed by atoms with Crippen LogP contribution in [0.1, 0.15) is 12.8 Å². The minimum Gasteiger partial charge on any atom is -0.316 e. The van der Waals surface area contributed by atoms with Crippen LogP contribution in [0, 0.1) is 11.8 Å². The van der Waals surface area contributed by atoms with Crippen molar-refractivity contribution >= 4 is 10.0 Å². The summed E-state index contributed by atoms with van der Waals surface area (Å²) in [6.07, 6.45) is 3.35. The molecule has 2 rings (SSSR count). The van der Waals surface area contributed by atoms with Gasteiger partial charge in [0.1, 0.15) is 0 Å². The van der Waals surface area contributed by atoms with Crippen molar-refractivity contribution in [3.8, 4) is 0 Å². The number of hydrogen-bond acceptors (Lipinski definition) is 3. The van der Waals surface area contributed by atoms with Gasteiger partial charge >= 0.3 is 0 Å². The Balaban J connectivity index is 2.02. The molecule has 0 radical (unpaired) electrons. The zero-order chi connectivity index (χ0) is 10.3. The number of nitrogens with zero attached hydrogens (tertiary/aromatic N) is 1. The number of nitrogens with one attached hydrogen (secondary N) is 1. The van der Waals surface area contributed by atoms with E-state index in [0.29, 0.717) is 11.8 Å². The van der Waals surface area contributed by atoms with E-state index < -0.39 is 10.0 Å². The lowest BCUT2D eigenvalue weighted by atomic mass is 10.0. The molecule has 0 aromatic heterocycles. The first kappa shape index (κ1) is 10.4. The fourth-order valence-corrected chi connectivity index (χ4v) is 3.42. The molecule has 2 aliphatic rings. The molecule has 1 saturated carbocycles. The van der Waals surface area contributed by atoms with E-state index in [9.17, 15) is 8.42 Å². The maximum atomic E-state index is 11.3. The van der Waals surface area contributed by atoms with Crippen molar-refractivity contribution in [1.82, 2.24) is 9.62 Å². The highest BCUT2D eigenvalue weighted by atomic mass is 32.2. The van der Waals surface area contributed by atoms with Gasteiger partial charge in [-0.05, 0) is 37.8 Å². The molecule has 4 nitrogen and oxygen atoms in total. The summed E-state index contributed by atoms with van der Waals surface area (Å²) >= 11 is 0. The third-order valence-corrected chi connectivity index (χ3v) is 5.01. The summed E-state index contributed by atoms with van der Waals surface area (Å²) in [6, 6.07) is 0.238. The molecule has 3 atom stereocenters. The lowest BCUT2D eigenvalue weighted by molar-refractivity contribution is 0.358. The van der Waals surface area contributed by atoms with Gasteiger partial charge in [-0.1, -0.05) is 0 Å². The Morgan fingerprint density at radius 2 is 1.71 bits per heavy atom. The average Bonchev–Trinajstić information content (AvgIpc) is 2.58. The Kier molecular flexibility index (Phi) is 2.57. The van der Waals surface area contributed by atoms with E-state index in [2.05, 4.69) is 5.32 Å². The Morgan fingerprint density at radius 1 is 1.21 bits per heavy atom. The normalized spacial score (nSPS) is 37.8. The highest BCUT2D eigenvalue weighted by Gasteiger charge is 2.40. The monoisotopic (exact) mass is 218 g/mol. The molecule has 0 spiro atoms. The molecule has 1 heterocycles. The standard InChI is InChI=1S/C9H18N2O2S/c1-11(14(2,12)13)9-3-7-5-10-6-8(7)4-9/h7-10H,3-6H2,1-2H3/t7-,8?,9?/m1/s1. The first-order valence-electron chi connectivity index (χ1n) is 5.12. The third-order valence-electron chi connectivity index (χ3n) is 3.67. The molecular formula is C9H18N2O2S. The number of hydrogen-bond donors (Lipinski definition) is 1. The lowest BCUT2D eigenvalue weighted by Crippen LogP contribution is -2.35. The molecule has 0 aromatic carbocycles. The zero-order valence-electron chi connectivity index (χ0n) is 8.73. The number of sulfonamides is 1.